The van der Waals surface area contributed by atoms with Gasteiger partial charge >= 0.3 is 18.3 Å². The minimum Gasteiger partial charge on any atom is -0.475 e. The number of primary amides is 1. The molecule has 4 rings (SSSR count). The van der Waals surface area contributed by atoms with Crippen molar-refractivity contribution in [2.75, 3.05) is 19.0 Å². The summed E-state index contributed by atoms with van der Waals surface area (Å²) in [6.07, 6.45) is -5.83. The first-order valence-corrected chi connectivity index (χ1v) is 14.8. The van der Waals surface area contributed by atoms with Gasteiger partial charge < -0.3 is 16.6 Å². The third-order valence-electron chi connectivity index (χ3n) is 7.28. The maximum atomic E-state index is 12.6. The molecule has 1 aliphatic carbocycles. The Kier molecular flexibility index (Phi) is 10.7. The van der Waals surface area contributed by atoms with Gasteiger partial charge in [0.1, 0.15) is 5.88 Å². The van der Waals surface area contributed by atoms with Crippen molar-refractivity contribution in [3.05, 3.63) is 64.7 Å². The lowest BCUT2D eigenvalue weighted by atomic mass is 9.84. The van der Waals surface area contributed by atoms with Crippen LogP contribution in [0.2, 0.25) is 0 Å². The van der Waals surface area contributed by atoms with Crippen molar-refractivity contribution in [2.24, 2.45) is 17.4 Å². The minimum absolute atomic E-state index is 0.00906. The summed E-state index contributed by atoms with van der Waals surface area (Å²) in [6, 6.07) is 11.1. The maximum Gasteiger partial charge on any atom is 0.490 e. The van der Waals surface area contributed by atoms with Gasteiger partial charge in [0.15, 0.2) is 0 Å². The standard InChI is InChI=1S/C26H30F3N3O3S.C2HF3O2/c27-26(28,29)10-2-4-17-3-1-5-19(13-17)20-14-23-21(6-7-22(23)24(15-20)25(31)33)18-8-11-32(12-9-18)36(34,35)16-30;3-2(4,5)1(6)7/h1,3,5-6,13-15,18H,2,4,7-12,16,30H2,(H2,31,33);(H,6,7). The molecule has 2 aromatic rings. The Morgan fingerprint density at radius 2 is 1.63 bits per heavy atom. The van der Waals surface area contributed by atoms with Crippen molar-refractivity contribution in [3.8, 4) is 11.1 Å². The molecule has 1 heterocycles. The summed E-state index contributed by atoms with van der Waals surface area (Å²) < 4.78 is 95.1. The van der Waals surface area contributed by atoms with Gasteiger partial charge in [0, 0.05) is 25.1 Å². The van der Waals surface area contributed by atoms with E-state index in [-0.39, 0.29) is 12.3 Å². The number of carboxylic acids is 1. The molecule has 0 radical (unpaired) electrons. The van der Waals surface area contributed by atoms with Gasteiger partial charge in [-0.15, -0.1) is 0 Å². The highest BCUT2D eigenvalue weighted by atomic mass is 32.2. The molecule has 1 saturated heterocycles. The first kappa shape index (κ1) is 34.1. The number of benzene rings is 2. The fourth-order valence-electron chi connectivity index (χ4n) is 5.19. The molecule has 2 aliphatic rings. The first-order valence-electron chi connectivity index (χ1n) is 13.2. The molecule has 0 atom stereocenters. The quantitative estimate of drug-likeness (QED) is 0.353. The highest BCUT2D eigenvalue weighted by molar-refractivity contribution is 7.89. The number of rotatable bonds is 8. The fourth-order valence-corrected chi connectivity index (χ4v) is 6.17. The number of hydrogen-bond acceptors (Lipinski definition) is 5. The number of hydrogen-bond donors (Lipinski definition) is 3. The summed E-state index contributed by atoms with van der Waals surface area (Å²) in [5.41, 5.74) is 16.8. The van der Waals surface area contributed by atoms with Crippen LogP contribution in [0.4, 0.5) is 26.3 Å². The lowest BCUT2D eigenvalue weighted by Crippen LogP contribution is -2.41. The van der Waals surface area contributed by atoms with E-state index in [1.165, 1.54) is 4.31 Å². The number of aryl methyl sites for hydroxylation is 1. The number of carbonyl (C=O) groups is 2. The van der Waals surface area contributed by atoms with Gasteiger partial charge in [0.25, 0.3) is 0 Å². The number of fused-ring (bicyclic) bond motifs is 1. The molecule has 43 heavy (non-hydrogen) atoms. The van der Waals surface area contributed by atoms with Crippen LogP contribution < -0.4 is 11.5 Å². The molecule has 0 aromatic heterocycles. The molecular formula is C28H31F6N3O5S. The number of carboxylic acid groups (broad SMARTS) is 1. The van der Waals surface area contributed by atoms with E-state index in [1.54, 1.807) is 18.2 Å². The first-order chi connectivity index (χ1) is 19.9. The van der Waals surface area contributed by atoms with Crippen LogP contribution in [0.5, 0.6) is 0 Å². The van der Waals surface area contributed by atoms with Gasteiger partial charge in [0.2, 0.25) is 15.9 Å². The average molecular weight is 636 g/mol. The number of amides is 1. The normalized spacial score (nSPS) is 16.2. The van der Waals surface area contributed by atoms with Crippen molar-refractivity contribution in [2.45, 2.75) is 50.9 Å². The van der Waals surface area contributed by atoms with E-state index in [9.17, 15) is 39.6 Å². The molecule has 1 amide bonds. The van der Waals surface area contributed by atoms with Crippen molar-refractivity contribution < 1.29 is 49.5 Å². The molecular weight excluding hydrogens is 604 g/mol. The van der Waals surface area contributed by atoms with E-state index >= 15 is 0 Å². The van der Waals surface area contributed by atoms with E-state index in [4.69, 9.17) is 21.4 Å². The molecule has 8 nitrogen and oxygen atoms in total. The summed E-state index contributed by atoms with van der Waals surface area (Å²) in [7, 11) is -3.44. The second-order valence-electron chi connectivity index (χ2n) is 10.2. The zero-order valence-corrected chi connectivity index (χ0v) is 23.7. The smallest absolute Gasteiger partial charge is 0.475 e. The third kappa shape index (κ3) is 9.03. The van der Waals surface area contributed by atoms with Gasteiger partial charge in [-0.25, -0.2) is 17.5 Å². The molecule has 0 saturated carbocycles. The second kappa shape index (κ2) is 13.5. The molecule has 0 spiro atoms. The Morgan fingerprint density at radius 1 is 1.00 bits per heavy atom. The zero-order chi connectivity index (χ0) is 32.2. The van der Waals surface area contributed by atoms with Crippen molar-refractivity contribution >= 4 is 27.5 Å². The highest BCUT2D eigenvalue weighted by Gasteiger charge is 2.38. The predicted molar refractivity (Wildman–Crippen MR) is 147 cm³/mol. The third-order valence-corrected chi connectivity index (χ3v) is 8.85. The summed E-state index contributed by atoms with van der Waals surface area (Å²) in [4.78, 5) is 21.2. The molecule has 1 fully saturated rings. The van der Waals surface area contributed by atoms with Crippen LogP contribution >= 0.6 is 0 Å². The molecule has 5 N–H and O–H groups in total. The summed E-state index contributed by atoms with van der Waals surface area (Å²) in [5.74, 6) is -3.57. The molecule has 0 bridgehead atoms. The lowest BCUT2D eigenvalue weighted by molar-refractivity contribution is -0.192. The Labute approximate surface area is 244 Å². The lowest BCUT2D eigenvalue weighted by Gasteiger charge is -2.32. The number of sulfonamides is 1. The van der Waals surface area contributed by atoms with Crippen LogP contribution in [0.3, 0.4) is 0 Å². The molecule has 0 unspecified atom stereocenters. The average Bonchev–Trinajstić information content (AvgIpc) is 3.36. The summed E-state index contributed by atoms with van der Waals surface area (Å²) in [6.45, 7) is 0.776. The number of halogens is 6. The minimum atomic E-state index is -5.08. The Hall–Kier alpha value is -3.43. The van der Waals surface area contributed by atoms with Gasteiger partial charge in [0.05, 0.1) is 0 Å². The molecule has 1 aliphatic heterocycles. The van der Waals surface area contributed by atoms with Crippen molar-refractivity contribution in [1.82, 2.24) is 4.31 Å². The van der Waals surface area contributed by atoms with Gasteiger partial charge in [-0.3, -0.25) is 4.79 Å². The second-order valence-corrected chi connectivity index (χ2v) is 12.2. The molecule has 2 aromatic carbocycles. The fraction of sp³-hybridized carbons (Fsp3) is 0.429. The van der Waals surface area contributed by atoms with Crippen LogP contribution in [0.1, 0.15) is 52.7 Å². The molecule has 236 valence electrons. The van der Waals surface area contributed by atoms with Crippen LogP contribution in [-0.2, 0) is 27.7 Å². The Morgan fingerprint density at radius 3 is 2.16 bits per heavy atom. The van der Waals surface area contributed by atoms with E-state index in [0.29, 0.717) is 44.3 Å². The van der Waals surface area contributed by atoms with Crippen LogP contribution in [0.25, 0.3) is 16.7 Å². The Balaban J connectivity index is 0.000000646. The van der Waals surface area contributed by atoms with Crippen molar-refractivity contribution in [1.29, 1.82) is 0 Å². The number of piperidine rings is 1. The van der Waals surface area contributed by atoms with Crippen LogP contribution in [0.15, 0.2) is 42.5 Å². The summed E-state index contributed by atoms with van der Waals surface area (Å²) in [5, 5.41) is 7.12. The number of aliphatic carboxylic acids is 1. The monoisotopic (exact) mass is 635 g/mol. The van der Waals surface area contributed by atoms with Gasteiger partial charge in [-0.2, -0.15) is 26.3 Å². The maximum absolute atomic E-state index is 12.6. The zero-order valence-electron chi connectivity index (χ0n) is 22.8. The number of nitrogens with zero attached hydrogens (tertiary/aromatic N) is 1. The predicted octanol–water partition coefficient (Wildman–Crippen LogP) is 4.87. The van der Waals surface area contributed by atoms with Gasteiger partial charge in [-0.05, 0) is 83.5 Å². The van der Waals surface area contributed by atoms with E-state index < -0.39 is 46.5 Å². The molecule has 15 heteroatoms. The highest BCUT2D eigenvalue weighted by Crippen LogP contribution is 2.41. The number of nitrogens with two attached hydrogens (primary N) is 2. The largest absolute Gasteiger partial charge is 0.490 e. The number of allylic oxidation sites excluding steroid dienone is 2. The number of alkyl halides is 6. The number of carbonyl (C=O) groups excluding carboxylic acids is 1. The van der Waals surface area contributed by atoms with Gasteiger partial charge in [-0.1, -0.05) is 30.3 Å². The van der Waals surface area contributed by atoms with E-state index in [2.05, 4.69) is 6.08 Å². The topological polar surface area (TPSA) is 144 Å². The summed E-state index contributed by atoms with van der Waals surface area (Å²) >= 11 is 0. The Bertz CT molecular complexity index is 1480. The SMILES string of the molecule is NCS(=O)(=O)N1CCC(C2=CCc3c(C(N)=O)cc(-c4cccc(CCCC(F)(F)F)c4)cc32)CC1.O=C(O)C(F)(F)F. The van der Waals surface area contributed by atoms with E-state index in [1.807, 2.05) is 18.2 Å². The van der Waals surface area contributed by atoms with Crippen LogP contribution in [0, 0.1) is 5.92 Å². The van der Waals surface area contributed by atoms with Crippen LogP contribution in [-0.4, -0.2) is 61.0 Å². The van der Waals surface area contributed by atoms with Crippen molar-refractivity contribution in [3.63, 3.8) is 0 Å². The van der Waals surface area contributed by atoms with E-state index in [0.717, 1.165) is 33.4 Å².